The number of aldehydes is 1. The Balaban J connectivity index is 2.86. The van der Waals surface area contributed by atoms with Gasteiger partial charge in [0.1, 0.15) is 17.9 Å². The predicted molar refractivity (Wildman–Crippen MR) is 72.8 cm³/mol. The number of hydrogen-bond donors (Lipinski definition) is 2. The van der Waals surface area contributed by atoms with Gasteiger partial charge in [-0.15, -0.1) is 0 Å². The molecule has 0 heterocycles. The first kappa shape index (κ1) is 15.8. The minimum atomic E-state index is -0.876. The average molecular weight is 281 g/mol. The molecular weight excluding hydrogens is 262 g/mol. The molecule has 0 aromatic heterocycles. The highest BCUT2D eigenvalue weighted by molar-refractivity contribution is 5.75. The van der Waals surface area contributed by atoms with Gasteiger partial charge in [-0.25, -0.2) is 4.79 Å². The van der Waals surface area contributed by atoms with Crippen molar-refractivity contribution in [2.24, 2.45) is 0 Å². The Kier molecular flexibility index (Phi) is 4.96. The topological polar surface area (TPSA) is 84.9 Å². The number of carbonyl (C=O) groups is 2. The van der Waals surface area contributed by atoms with Gasteiger partial charge in [0.15, 0.2) is 11.5 Å². The molecule has 0 spiro atoms. The van der Waals surface area contributed by atoms with Crippen molar-refractivity contribution in [1.29, 1.82) is 0 Å². The second-order valence-corrected chi connectivity index (χ2v) is 5.19. The Hall–Kier alpha value is -2.24. The number of nitrogens with one attached hydrogen (secondary N) is 1. The number of alkyl carbamates (subject to hydrolysis) is 1. The number of phenolic OH excluding ortho intramolecular Hbond substituents is 1. The second-order valence-electron chi connectivity index (χ2n) is 5.19. The fraction of sp³-hybridized carbons (Fsp3) is 0.429. The Morgan fingerprint density at radius 3 is 2.55 bits per heavy atom. The second kappa shape index (κ2) is 6.27. The predicted octanol–water partition coefficient (Wildman–Crippen LogP) is 2.17. The van der Waals surface area contributed by atoms with Crippen LogP contribution in [0.2, 0.25) is 0 Å². The molecule has 6 nitrogen and oxygen atoms in total. The van der Waals surface area contributed by atoms with Gasteiger partial charge in [-0.2, -0.15) is 0 Å². The maximum absolute atomic E-state index is 11.6. The summed E-state index contributed by atoms with van der Waals surface area (Å²) in [6.07, 6.45) is -0.114. The van der Waals surface area contributed by atoms with Crippen LogP contribution in [0.4, 0.5) is 4.79 Å². The van der Waals surface area contributed by atoms with Crippen molar-refractivity contribution in [3.8, 4) is 11.5 Å². The van der Waals surface area contributed by atoms with Crippen molar-refractivity contribution in [1.82, 2.24) is 5.32 Å². The summed E-state index contributed by atoms with van der Waals surface area (Å²) in [6.45, 7) is 5.18. The Labute approximate surface area is 117 Å². The third kappa shape index (κ3) is 4.46. The van der Waals surface area contributed by atoms with Crippen LogP contribution in [0.15, 0.2) is 18.2 Å². The van der Waals surface area contributed by atoms with Gasteiger partial charge >= 0.3 is 6.09 Å². The van der Waals surface area contributed by atoms with Crippen molar-refractivity contribution >= 4 is 12.4 Å². The highest BCUT2D eigenvalue weighted by atomic mass is 16.6. The SMILES string of the molecule is COc1cc(C(C=O)NC(=O)OC(C)(C)C)ccc1O. The van der Waals surface area contributed by atoms with E-state index in [1.165, 1.54) is 25.3 Å². The van der Waals surface area contributed by atoms with Gasteiger partial charge in [0.05, 0.1) is 7.11 Å². The van der Waals surface area contributed by atoms with E-state index in [0.717, 1.165) is 0 Å². The molecule has 1 aromatic carbocycles. The summed E-state index contributed by atoms with van der Waals surface area (Å²) in [5, 5.41) is 11.9. The molecule has 0 fully saturated rings. The van der Waals surface area contributed by atoms with E-state index in [-0.39, 0.29) is 11.5 Å². The molecule has 0 aliphatic heterocycles. The Morgan fingerprint density at radius 1 is 1.40 bits per heavy atom. The Morgan fingerprint density at radius 2 is 2.05 bits per heavy atom. The number of methoxy groups -OCH3 is 1. The van der Waals surface area contributed by atoms with E-state index in [0.29, 0.717) is 11.8 Å². The van der Waals surface area contributed by atoms with Crippen molar-refractivity contribution in [3.05, 3.63) is 23.8 Å². The van der Waals surface area contributed by atoms with E-state index >= 15 is 0 Å². The highest BCUT2D eigenvalue weighted by Crippen LogP contribution is 2.28. The first-order valence-corrected chi connectivity index (χ1v) is 6.08. The van der Waals surface area contributed by atoms with Crippen LogP contribution >= 0.6 is 0 Å². The van der Waals surface area contributed by atoms with Crippen LogP contribution in [0.5, 0.6) is 11.5 Å². The van der Waals surface area contributed by atoms with Gasteiger partial charge in [-0.1, -0.05) is 6.07 Å². The minimum absolute atomic E-state index is 0.0434. The molecule has 0 bridgehead atoms. The van der Waals surface area contributed by atoms with E-state index in [2.05, 4.69) is 5.32 Å². The molecule has 0 saturated heterocycles. The Bertz CT molecular complexity index is 493. The van der Waals surface area contributed by atoms with Crippen molar-refractivity contribution < 1.29 is 24.2 Å². The zero-order valence-electron chi connectivity index (χ0n) is 12.0. The first-order valence-electron chi connectivity index (χ1n) is 6.08. The van der Waals surface area contributed by atoms with Crippen LogP contribution in [0, 0.1) is 0 Å². The number of rotatable bonds is 4. The molecule has 1 unspecified atom stereocenters. The molecule has 6 heteroatoms. The van der Waals surface area contributed by atoms with E-state index in [1.54, 1.807) is 20.8 Å². The monoisotopic (exact) mass is 281 g/mol. The summed E-state index contributed by atoms with van der Waals surface area (Å²) in [7, 11) is 1.40. The quantitative estimate of drug-likeness (QED) is 0.826. The lowest BCUT2D eigenvalue weighted by Crippen LogP contribution is -2.35. The molecule has 1 atom stereocenters. The standard InChI is InChI=1S/C14H19NO5/c1-14(2,3)20-13(18)15-10(8-16)9-5-6-11(17)12(7-9)19-4/h5-8,10,17H,1-4H3,(H,15,18). The van der Waals surface area contributed by atoms with Crippen LogP contribution in [-0.2, 0) is 9.53 Å². The van der Waals surface area contributed by atoms with Crippen LogP contribution < -0.4 is 10.1 Å². The normalized spacial score (nSPS) is 12.4. The summed E-state index contributed by atoms with van der Waals surface area (Å²) in [4.78, 5) is 22.8. The summed E-state index contributed by atoms with van der Waals surface area (Å²) >= 11 is 0. The maximum atomic E-state index is 11.6. The van der Waals surface area contributed by atoms with E-state index < -0.39 is 17.7 Å². The first-order chi connectivity index (χ1) is 9.26. The lowest BCUT2D eigenvalue weighted by Gasteiger charge is -2.21. The number of phenols is 1. The van der Waals surface area contributed by atoms with E-state index in [1.807, 2.05) is 0 Å². The van der Waals surface area contributed by atoms with Crippen molar-refractivity contribution in [2.45, 2.75) is 32.4 Å². The van der Waals surface area contributed by atoms with Crippen molar-refractivity contribution in [2.75, 3.05) is 7.11 Å². The molecule has 2 N–H and O–H groups in total. The average Bonchev–Trinajstić information content (AvgIpc) is 2.34. The number of amides is 1. The fourth-order valence-electron chi connectivity index (χ4n) is 1.52. The number of carbonyl (C=O) groups excluding carboxylic acids is 2. The lowest BCUT2D eigenvalue weighted by atomic mass is 10.1. The minimum Gasteiger partial charge on any atom is -0.504 e. The molecule has 0 saturated carbocycles. The van der Waals surface area contributed by atoms with Gasteiger partial charge in [0, 0.05) is 0 Å². The van der Waals surface area contributed by atoms with Gasteiger partial charge in [-0.3, -0.25) is 0 Å². The smallest absolute Gasteiger partial charge is 0.408 e. The van der Waals surface area contributed by atoms with Crippen LogP contribution in [0.25, 0.3) is 0 Å². The lowest BCUT2D eigenvalue weighted by molar-refractivity contribution is -0.109. The van der Waals surface area contributed by atoms with Gasteiger partial charge in [0.25, 0.3) is 0 Å². The van der Waals surface area contributed by atoms with Gasteiger partial charge < -0.3 is 24.7 Å². The molecule has 1 rings (SSSR count). The fourth-order valence-corrected chi connectivity index (χ4v) is 1.52. The third-order valence-electron chi connectivity index (χ3n) is 2.37. The van der Waals surface area contributed by atoms with Crippen LogP contribution in [-0.4, -0.2) is 30.2 Å². The van der Waals surface area contributed by atoms with Crippen molar-refractivity contribution in [3.63, 3.8) is 0 Å². The number of hydrogen-bond acceptors (Lipinski definition) is 5. The molecule has 1 amide bonds. The van der Waals surface area contributed by atoms with Crippen LogP contribution in [0.1, 0.15) is 32.4 Å². The molecule has 110 valence electrons. The third-order valence-corrected chi connectivity index (χ3v) is 2.37. The summed E-state index contributed by atoms with van der Waals surface area (Å²) in [5.41, 5.74) is -0.162. The largest absolute Gasteiger partial charge is 0.504 e. The van der Waals surface area contributed by atoms with E-state index in [4.69, 9.17) is 9.47 Å². The summed E-state index contributed by atoms with van der Waals surface area (Å²) in [6, 6.07) is 3.51. The van der Waals surface area contributed by atoms with Gasteiger partial charge in [0.2, 0.25) is 0 Å². The molecule has 0 aliphatic carbocycles. The maximum Gasteiger partial charge on any atom is 0.408 e. The summed E-state index contributed by atoms with van der Waals surface area (Å²) in [5.74, 6) is 0.179. The highest BCUT2D eigenvalue weighted by Gasteiger charge is 2.20. The molecule has 1 aromatic rings. The van der Waals surface area contributed by atoms with Crippen LogP contribution in [0.3, 0.4) is 0 Å². The van der Waals surface area contributed by atoms with E-state index in [9.17, 15) is 14.7 Å². The zero-order valence-corrected chi connectivity index (χ0v) is 12.0. The molecule has 20 heavy (non-hydrogen) atoms. The molecular formula is C14H19NO5. The molecule has 0 radical (unpaired) electrons. The molecule has 0 aliphatic rings. The summed E-state index contributed by atoms with van der Waals surface area (Å²) < 4.78 is 10.0. The number of benzene rings is 1. The van der Waals surface area contributed by atoms with Gasteiger partial charge in [-0.05, 0) is 38.5 Å². The number of ether oxygens (including phenoxy) is 2. The number of aromatic hydroxyl groups is 1. The zero-order chi connectivity index (χ0) is 15.3.